The highest BCUT2D eigenvalue weighted by Gasteiger charge is 2.41. The predicted octanol–water partition coefficient (Wildman–Crippen LogP) is 3.12. The first-order valence-corrected chi connectivity index (χ1v) is 8.33. The molecule has 0 bridgehead atoms. The molecule has 2 aliphatic heterocycles. The summed E-state index contributed by atoms with van der Waals surface area (Å²) in [6.45, 7) is 7.13. The molecule has 0 unspecified atom stereocenters. The lowest BCUT2D eigenvalue weighted by molar-refractivity contribution is 0.0187. The molecule has 2 heterocycles. The van der Waals surface area contributed by atoms with E-state index in [4.69, 9.17) is 9.47 Å². The average Bonchev–Trinajstić information content (AvgIpc) is 2.47. The van der Waals surface area contributed by atoms with E-state index in [1.165, 1.54) is 0 Å². The van der Waals surface area contributed by atoms with Crippen molar-refractivity contribution >= 4 is 17.6 Å². The van der Waals surface area contributed by atoms with E-state index in [1.807, 2.05) is 0 Å². The number of ketones is 1. The molecule has 1 saturated heterocycles. The maximum absolute atomic E-state index is 12.6. The Morgan fingerprint density at radius 1 is 1.29 bits per heavy atom. The SMILES string of the molecule is CC(C)(C)OC(=O)Nc1ccc2c(c1)C(=O)CC1(CCNCC1)O2. The summed E-state index contributed by atoms with van der Waals surface area (Å²) in [4.78, 5) is 24.4. The molecule has 1 aromatic rings. The summed E-state index contributed by atoms with van der Waals surface area (Å²) in [7, 11) is 0. The Balaban J connectivity index is 1.76. The van der Waals surface area contributed by atoms with Gasteiger partial charge < -0.3 is 14.8 Å². The summed E-state index contributed by atoms with van der Waals surface area (Å²) < 4.78 is 11.4. The van der Waals surface area contributed by atoms with Crippen LogP contribution >= 0.6 is 0 Å². The van der Waals surface area contributed by atoms with Gasteiger partial charge in [0.15, 0.2) is 5.78 Å². The highest BCUT2D eigenvalue weighted by Crippen LogP contribution is 2.39. The number of carbonyl (C=O) groups is 2. The van der Waals surface area contributed by atoms with Crippen LogP contribution in [0, 0.1) is 0 Å². The second-order valence-corrected chi connectivity index (χ2v) is 7.47. The number of Topliss-reactive ketones (excluding diaryl/α,β-unsaturated/α-hetero) is 1. The molecule has 1 spiro atoms. The van der Waals surface area contributed by atoms with E-state index in [9.17, 15) is 9.59 Å². The zero-order chi connectivity index (χ0) is 17.4. The van der Waals surface area contributed by atoms with Crippen molar-refractivity contribution in [3.8, 4) is 5.75 Å². The van der Waals surface area contributed by atoms with Gasteiger partial charge in [-0.15, -0.1) is 0 Å². The number of anilines is 1. The Morgan fingerprint density at radius 3 is 2.67 bits per heavy atom. The van der Waals surface area contributed by atoms with Crippen molar-refractivity contribution in [1.29, 1.82) is 0 Å². The third-order valence-corrected chi connectivity index (χ3v) is 4.25. The molecule has 6 heteroatoms. The van der Waals surface area contributed by atoms with Crippen LogP contribution in [0.5, 0.6) is 5.75 Å². The van der Waals surface area contributed by atoms with Gasteiger partial charge in [0.1, 0.15) is 17.0 Å². The summed E-state index contributed by atoms with van der Waals surface area (Å²) in [5, 5.41) is 5.95. The molecule has 130 valence electrons. The van der Waals surface area contributed by atoms with Crippen LogP contribution in [0.4, 0.5) is 10.5 Å². The van der Waals surface area contributed by atoms with Gasteiger partial charge in [-0.2, -0.15) is 0 Å². The number of ether oxygens (including phenoxy) is 2. The van der Waals surface area contributed by atoms with Crippen molar-refractivity contribution in [3.63, 3.8) is 0 Å². The molecule has 1 amide bonds. The van der Waals surface area contributed by atoms with E-state index in [0.717, 1.165) is 25.9 Å². The lowest BCUT2D eigenvalue weighted by atomic mass is 9.83. The van der Waals surface area contributed by atoms with Crippen molar-refractivity contribution in [2.24, 2.45) is 0 Å². The van der Waals surface area contributed by atoms with Crippen LogP contribution < -0.4 is 15.4 Å². The highest BCUT2D eigenvalue weighted by molar-refractivity contribution is 6.02. The molecule has 1 fully saturated rings. The van der Waals surface area contributed by atoms with Crippen molar-refractivity contribution in [2.75, 3.05) is 18.4 Å². The van der Waals surface area contributed by atoms with Crippen molar-refractivity contribution in [1.82, 2.24) is 5.32 Å². The first kappa shape index (κ1) is 16.8. The topological polar surface area (TPSA) is 76.7 Å². The molecule has 0 aliphatic carbocycles. The second kappa shape index (κ2) is 6.09. The van der Waals surface area contributed by atoms with Crippen molar-refractivity contribution < 1.29 is 19.1 Å². The monoisotopic (exact) mass is 332 g/mol. The van der Waals surface area contributed by atoms with Gasteiger partial charge in [-0.1, -0.05) is 0 Å². The lowest BCUT2D eigenvalue weighted by Gasteiger charge is -2.40. The van der Waals surface area contributed by atoms with E-state index in [2.05, 4.69) is 10.6 Å². The molecule has 0 saturated carbocycles. The number of carbonyl (C=O) groups excluding carboxylic acids is 2. The van der Waals surface area contributed by atoms with Crippen LogP contribution in [0.2, 0.25) is 0 Å². The van der Waals surface area contributed by atoms with Gasteiger partial charge in [-0.05, 0) is 52.1 Å². The zero-order valence-electron chi connectivity index (χ0n) is 14.4. The standard InChI is InChI=1S/C18H24N2O4/c1-17(2,3)24-16(22)20-12-4-5-15-13(10-12)14(21)11-18(23-15)6-8-19-9-7-18/h4-5,10,19H,6-9,11H2,1-3H3,(H,20,22). The minimum Gasteiger partial charge on any atom is -0.486 e. The Hall–Kier alpha value is -2.08. The summed E-state index contributed by atoms with van der Waals surface area (Å²) in [5.74, 6) is 0.661. The maximum atomic E-state index is 12.6. The molecule has 2 N–H and O–H groups in total. The van der Waals surface area contributed by atoms with Gasteiger partial charge in [-0.3, -0.25) is 10.1 Å². The Morgan fingerprint density at radius 2 is 2.00 bits per heavy atom. The van der Waals surface area contributed by atoms with Crippen LogP contribution in [0.25, 0.3) is 0 Å². The largest absolute Gasteiger partial charge is 0.486 e. The highest BCUT2D eigenvalue weighted by atomic mass is 16.6. The van der Waals surface area contributed by atoms with E-state index in [-0.39, 0.29) is 11.4 Å². The number of hydrogen-bond donors (Lipinski definition) is 2. The number of piperidine rings is 1. The number of hydrogen-bond acceptors (Lipinski definition) is 5. The van der Waals surface area contributed by atoms with Gasteiger partial charge in [0.2, 0.25) is 0 Å². The fourth-order valence-corrected chi connectivity index (χ4v) is 3.15. The summed E-state index contributed by atoms with van der Waals surface area (Å²) in [6.07, 6.45) is 1.51. The fraction of sp³-hybridized carbons (Fsp3) is 0.556. The minimum atomic E-state index is -0.571. The van der Waals surface area contributed by atoms with Crippen molar-refractivity contribution in [3.05, 3.63) is 23.8 Å². The summed E-state index contributed by atoms with van der Waals surface area (Å²) in [6, 6.07) is 5.15. The molecule has 2 aliphatic rings. The number of fused-ring (bicyclic) bond motifs is 1. The molecule has 1 aromatic carbocycles. The zero-order valence-corrected chi connectivity index (χ0v) is 14.4. The molecule has 24 heavy (non-hydrogen) atoms. The van der Waals surface area contributed by atoms with Gasteiger partial charge in [-0.25, -0.2) is 4.79 Å². The quantitative estimate of drug-likeness (QED) is 0.826. The van der Waals surface area contributed by atoms with Crippen molar-refractivity contribution in [2.45, 2.75) is 51.2 Å². The number of nitrogens with one attached hydrogen (secondary N) is 2. The Labute approximate surface area is 141 Å². The number of rotatable bonds is 1. The number of amides is 1. The predicted molar refractivity (Wildman–Crippen MR) is 90.7 cm³/mol. The average molecular weight is 332 g/mol. The normalized spacial score (nSPS) is 19.4. The van der Waals surface area contributed by atoms with E-state index < -0.39 is 11.7 Å². The van der Waals surface area contributed by atoms with Crippen LogP contribution in [0.1, 0.15) is 50.4 Å². The smallest absolute Gasteiger partial charge is 0.412 e. The maximum Gasteiger partial charge on any atom is 0.412 e. The summed E-state index contributed by atoms with van der Waals surface area (Å²) in [5.41, 5.74) is 0.0996. The molecule has 6 nitrogen and oxygen atoms in total. The summed E-state index contributed by atoms with van der Waals surface area (Å²) >= 11 is 0. The van der Waals surface area contributed by atoms with Crippen LogP contribution in [-0.4, -0.2) is 36.2 Å². The third kappa shape index (κ3) is 3.70. The van der Waals surface area contributed by atoms with Gasteiger partial charge in [0.05, 0.1) is 12.0 Å². The van der Waals surface area contributed by atoms with E-state index in [1.54, 1.807) is 39.0 Å². The molecular formula is C18H24N2O4. The molecular weight excluding hydrogens is 308 g/mol. The van der Waals surface area contributed by atoms with E-state index >= 15 is 0 Å². The number of benzene rings is 1. The molecule has 0 atom stereocenters. The van der Waals surface area contributed by atoms with E-state index in [0.29, 0.717) is 23.4 Å². The van der Waals surface area contributed by atoms with Gasteiger partial charge in [0, 0.05) is 18.5 Å². The molecule has 3 rings (SSSR count). The lowest BCUT2D eigenvalue weighted by Crippen LogP contribution is -2.49. The molecule has 0 radical (unpaired) electrons. The van der Waals surface area contributed by atoms with Crippen LogP contribution in [-0.2, 0) is 4.74 Å². The van der Waals surface area contributed by atoms with Gasteiger partial charge in [0.25, 0.3) is 0 Å². The van der Waals surface area contributed by atoms with Crippen LogP contribution in [0.15, 0.2) is 18.2 Å². The van der Waals surface area contributed by atoms with Gasteiger partial charge >= 0.3 is 6.09 Å². The van der Waals surface area contributed by atoms with Crippen LogP contribution in [0.3, 0.4) is 0 Å². The first-order valence-electron chi connectivity index (χ1n) is 8.33. The minimum absolute atomic E-state index is 0.0611. The molecule has 0 aromatic heterocycles. The second-order valence-electron chi connectivity index (χ2n) is 7.47. The Bertz CT molecular complexity index is 657. The third-order valence-electron chi connectivity index (χ3n) is 4.25. The first-order chi connectivity index (χ1) is 11.3. The fourth-order valence-electron chi connectivity index (χ4n) is 3.15. The Kier molecular flexibility index (Phi) is 4.25.